The monoisotopic (exact) mass is 259 g/mol. The van der Waals surface area contributed by atoms with Crippen LogP contribution in [0.15, 0.2) is 28.7 Å². The zero-order chi connectivity index (χ0) is 13.1. The van der Waals surface area contributed by atoms with Gasteiger partial charge in [-0.15, -0.1) is 10.2 Å². The lowest BCUT2D eigenvalue weighted by molar-refractivity contribution is 0.341. The van der Waals surface area contributed by atoms with E-state index in [0.717, 1.165) is 24.3 Å². The Labute approximate surface area is 112 Å². The number of rotatable bonds is 3. The van der Waals surface area contributed by atoms with Crippen molar-refractivity contribution in [3.63, 3.8) is 0 Å². The van der Waals surface area contributed by atoms with Crippen LogP contribution in [-0.4, -0.2) is 23.9 Å². The number of nitrogens with one attached hydrogen (secondary N) is 1. The highest BCUT2D eigenvalue weighted by Gasteiger charge is 2.21. The van der Waals surface area contributed by atoms with Crippen molar-refractivity contribution in [3.8, 4) is 17.2 Å². The third-order valence-electron chi connectivity index (χ3n) is 3.39. The molecule has 0 bridgehead atoms. The first-order valence-corrected chi connectivity index (χ1v) is 6.58. The maximum Gasteiger partial charge on any atom is 0.251 e. The van der Waals surface area contributed by atoms with E-state index in [1.165, 1.54) is 12.8 Å². The molecule has 5 heteroatoms. The molecule has 0 amide bonds. The second-order valence-corrected chi connectivity index (χ2v) is 4.65. The summed E-state index contributed by atoms with van der Waals surface area (Å²) >= 11 is 0. The van der Waals surface area contributed by atoms with Crippen LogP contribution in [0.1, 0.15) is 31.2 Å². The van der Waals surface area contributed by atoms with Gasteiger partial charge in [-0.3, -0.25) is 0 Å². The minimum absolute atomic E-state index is 0.185. The van der Waals surface area contributed by atoms with E-state index in [1.807, 2.05) is 24.3 Å². The Morgan fingerprint density at radius 2 is 2.16 bits per heavy atom. The molecule has 0 radical (unpaired) electrons. The van der Waals surface area contributed by atoms with Gasteiger partial charge in [-0.1, -0.05) is 18.6 Å². The van der Waals surface area contributed by atoms with Crippen LogP contribution in [0.3, 0.4) is 0 Å². The summed E-state index contributed by atoms with van der Waals surface area (Å²) in [6.07, 6.45) is 3.46. The van der Waals surface area contributed by atoms with Crippen molar-refractivity contribution in [1.82, 2.24) is 15.5 Å². The molecule has 1 atom stereocenters. The highest BCUT2D eigenvalue weighted by Crippen LogP contribution is 2.30. The van der Waals surface area contributed by atoms with Crippen LogP contribution in [0.2, 0.25) is 0 Å². The minimum Gasteiger partial charge on any atom is -0.496 e. The molecule has 2 aromatic rings. The third kappa shape index (κ3) is 2.46. The molecule has 0 aliphatic carbocycles. The molecular weight excluding hydrogens is 242 g/mol. The Bertz CT molecular complexity index is 547. The van der Waals surface area contributed by atoms with E-state index in [2.05, 4.69) is 15.5 Å². The van der Waals surface area contributed by atoms with Gasteiger partial charge in [0.1, 0.15) is 5.75 Å². The van der Waals surface area contributed by atoms with Crippen LogP contribution in [0.4, 0.5) is 0 Å². The van der Waals surface area contributed by atoms with E-state index in [1.54, 1.807) is 7.11 Å². The quantitative estimate of drug-likeness (QED) is 0.918. The third-order valence-corrected chi connectivity index (χ3v) is 3.39. The van der Waals surface area contributed by atoms with Gasteiger partial charge in [0.05, 0.1) is 18.7 Å². The topological polar surface area (TPSA) is 60.2 Å². The summed E-state index contributed by atoms with van der Waals surface area (Å²) in [7, 11) is 1.64. The van der Waals surface area contributed by atoms with Gasteiger partial charge in [0.2, 0.25) is 5.89 Å². The zero-order valence-electron chi connectivity index (χ0n) is 10.9. The van der Waals surface area contributed by atoms with E-state index < -0.39 is 0 Å². The number of ether oxygens (including phenoxy) is 1. The molecule has 1 saturated heterocycles. The van der Waals surface area contributed by atoms with Crippen molar-refractivity contribution < 1.29 is 9.15 Å². The SMILES string of the molecule is COc1ccccc1-c1nnc(C2CCCCN2)o1. The van der Waals surface area contributed by atoms with Gasteiger partial charge in [0.15, 0.2) is 0 Å². The molecule has 1 N–H and O–H groups in total. The van der Waals surface area contributed by atoms with Crippen LogP contribution in [0.5, 0.6) is 5.75 Å². The second-order valence-electron chi connectivity index (χ2n) is 4.65. The Hall–Kier alpha value is -1.88. The predicted octanol–water partition coefficient (Wildman–Crippen LogP) is 2.56. The fraction of sp³-hybridized carbons (Fsp3) is 0.429. The maximum atomic E-state index is 5.79. The lowest BCUT2D eigenvalue weighted by atomic mass is 10.1. The molecule has 1 aromatic carbocycles. The Morgan fingerprint density at radius 1 is 1.26 bits per heavy atom. The van der Waals surface area contributed by atoms with E-state index >= 15 is 0 Å². The average Bonchev–Trinajstić information content (AvgIpc) is 2.98. The van der Waals surface area contributed by atoms with Crippen LogP contribution in [0, 0.1) is 0 Å². The molecule has 2 heterocycles. The van der Waals surface area contributed by atoms with Crippen molar-refractivity contribution in [3.05, 3.63) is 30.2 Å². The fourth-order valence-corrected chi connectivity index (χ4v) is 2.37. The van der Waals surface area contributed by atoms with Gasteiger partial charge < -0.3 is 14.5 Å². The normalized spacial score (nSPS) is 19.3. The molecular formula is C14H17N3O2. The minimum atomic E-state index is 0.185. The van der Waals surface area contributed by atoms with Crippen molar-refractivity contribution in [1.29, 1.82) is 0 Å². The van der Waals surface area contributed by atoms with E-state index in [0.29, 0.717) is 11.8 Å². The molecule has 0 saturated carbocycles. The summed E-state index contributed by atoms with van der Waals surface area (Å²) in [5.74, 6) is 1.93. The van der Waals surface area contributed by atoms with Crippen molar-refractivity contribution in [2.24, 2.45) is 0 Å². The van der Waals surface area contributed by atoms with E-state index in [9.17, 15) is 0 Å². The van der Waals surface area contributed by atoms with Gasteiger partial charge in [0, 0.05) is 0 Å². The summed E-state index contributed by atoms with van der Waals surface area (Å²) in [5, 5.41) is 11.7. The average molecular weight is 259 g/mol. The molecule has 3 rings (SSSR count). The number of benzene rings is 1. The molecule has 0 spiro atoms. The summed E-state index contributed by atoms with van der Waals surface area (Å²) in [6.45, 7) is 1.01. The Balaban J connectivity index is 1.88. The Morgan fingerprint density at radius 3 is 2.95 bits per heavy atom. The van der Waals surface area contributed by atoms with Crippen molar-refractivity contribution >= 4 is 0 Å². The number of hydrogen-bond donors (Lipinski definition) is 1. The first-order chi connectivity index (χ1) is 9.38. The molecule has 1 aliphatic heterocycles. The first kappa shape index (κ1) is 12.2. The van der Waals surface area contributed by atoms with Gasteiger partial charge in [-0.25, -0.2) is 0 Å². The molecule has 1 aliphatic rings. The largest absolute Gasteiger partial charge is 0.496 e. The first-order valence-electron chi connectivity index (χ1n) is 6.58. The summed E-state index contributed by atoms with van der Waals surface area (Å²) in [4.78, 5) is 0. The Kier molecular flexibility index (Phi) is 3.46. The summed E-state index contributed by atoms with van der Waals surface area (Å²) < 4.78 is 11.1. The van der Waals surface area contributed by atoms with Crippen LogP contribution < -0.4 is 10.1 Å². The van der Waals surface area contributed by atoms with E-state index in [4.69, 9.17) is 9.15 Å². The van der Waals surface area contributed by atoms with Gasteiger partial charge >= 0.3 is 0 Å². The number of aromatic nitrogens is 2. The number of hydrogen-bond acceptors (Lipinski definition) is 5. The fourth-order valence-electron chi connectivity index (χ4n) is 2.37. The summed E-state index contributed by atoms with van der Waals surface area (Å²) in [5.41, 5.74) is 0.833. The van der Waals surface area contributed by atoms with Crippen molar-refractivity contribution in [2.75, 3.05) is 13.7 Å². The van der Waals surface area contributed by atoms with Crippen molar-refractivity contribution in [2.45, 2.75) is 25.3 Å². The molecule has 100 valence electrons. The molecule has 1 fully saturated rings. The lowest BCUT2D eigenvalue weighted by Crippen LogP contribution is -2.26. The zero-order valence-corrected chi connectivity index (χ0v) is 10.9. The van der Waals surface area contributed by atoms with Crippen LogP contribution in [0.25, 0.3) is 11.5 Å². The maximum absolute atomic E-state index is 5.79. The second kappa shape index (κ2) is 5.40. The number of nitrogens with zero attached hydrogens (tertiary/aromatic N) is 2. The molecule has 19 heavy (non-hydrogen) atoms. The predicted molar refractivity (Wildman–Crippen MR) is 70.9 cm³/mol. The van der Waals surface area contributed by atoms with Crippen LogP contribution in [-0.2, 0) is 0 Å². The highest BCUT2D eigenvalue weighted by atomic mass is 16.5. The van der Waals surface area contributed by atoms with Gasteiger partial charge in [-0.2, -0.15) is 0 Å². The smallest absolute Gasteiger partial charge is 0.251 e. The van der Waals surface area contributed by atoms with E-state index in [-0.39, 0.29) is 6.04 Å². The standard InChI is InChI=1S/C14H17N3O2/c1-18-12-8-3-2-6-10(12)13-16-17-14(19-13)11-7-4-5-9-15-11/h2-3,6,8,11,15H,4-5,7,9H2,1H3. The highest BCUT2D eigenvalue weighted by molar-refractivity contribution is 5.62. The van der Waals surface area contributed by atoms with Crippen LogP contribution >= 0.6 is 0 Å². The number of para-hydroxylation sites is 1. The molecule has 1 unspecified atom stereocenters. The van der Waals surface area contributed by atoms with Gasteiger partial charge in [-0.05, 0) is 31.5 Å². The number of piperidine rings is 1. The molecule has 1 aromatic heterocycles. The van der Waals surface area contributed by atoms with Gasteiger partial charge in [0.25, 0.3) is 5.89 Å². The molecule has 5 nitrogen and oxygen atoms in total. The number of methoxy groups -OCH3 is 1. The summed E-state index contributed by atoms with van der Waals surface area (Å²) in [6, 6.07) is 7.84. The lowest BCUT2D eigenvalue weighted by Gasteiger charge is -2.19.